The normalized spacial score (nSPS) is 13.1. The molecule has 0 aromatic heterocycles. The molecular weight excluding hydrogens is 184 g/mol. The molecule has 0 fully saturated rings. The monoisotopic (exact) mass is 206 g/mol. The molecular formula is C13H22N2. The Morgan fingerprint density at radius 2 is 1.60 bits per heavy atom. The number of benzene rings is 1. The minimum Gasteiger partial charge on any atom is -0.330 e. The Kier molecular flexibility index (Phi) is 4.79. The van der Waals surface area contributed by atoms with Gasteiger partial charge in [0.25, 0.3) is 0 Å². The maximum atomic E-state index is 5.65. The van der Waals surface area contributed by atoms with Gasteiger partial charge in [0.15, 0.2) is 0 Å². The molecule has 0 bridgehead atoms. The highest BCUT2D eigenvalue weighted by atomic mass is 14.6. The van der Waals surface area contributed by atoms with Gasteiger partial charge in [0.1, 0.15) is 0 Å². The van der Waals surface area contributed by atoms with E-state index >= 15 is 0 Å². The molecule has 2 nitrogen and oxygen atoms in total. The molecule has 1 unspecified atom stereocenters. The zero-order chi connectivity index (χ0) is 11.3. The van der Waals surface area contributed by atoms with Crippen LogP contribution in [0, 0.1) is 12.8 Å². The summed E-state index contributed by atoms with van der Waals surface area (Å²) in [6.07, 6.45) is 1.08. The summed E-state index contributed by atoms with van der Waals surface area (Å²) in [6.45, 7) is 5.72. The van der Waals surface area contributed by atoms with Crippen molar-refractivity contribution >= 4 is 0 Å². The lowest BCUT2D eigenvalue weighted by Gasteiger charge is -2.18. The van der Waals surface area contributed by atoms with Crippen LogP contribution in [0.25, 0.3) is 0 Å². The molecule has 0 aliphatic carbocycles. The third kappa shape index (κ3) is 3.65. The average Bonchev–Trinajstić information content (AvgIpc) is 2.26. The number of hydrogen-bond donors (Lipinski definition) is 2. The van der Waals surface area contributed by atoms with Crippen LogP contribution in [-0.4, -0.2) is 13.1 Å². The van der Waals surface area contributed by atoms with Crippen molar-refractivity contribution < 1.29 is 0 Å². The summed E-state index contributed by atoms with van der Waals surface area (Å²) < 4.78 is 0. The van der Waals surface area contributed by atoms with Crippen LogP contribution in [-0.2, 0) is 0 Å². The van der Waals surface area contributed by atoms with Gasteiger partial charge >= 0.3 is 0 Å². The first kappa shape index (κ1) is 12.2. The second-order valence-electron chi connectivity index (χ2n) is 4.38. The van der Waals surface area contributed by atoms with E-state index in [0.717, 1.165) is 6.42 Å². The number of nitrogens with two attached hydrogens (primary N) is 2. The van der Waals surface area contributed by atoms with E-state index in [4.69, 9.17) is 11.5 Å². The van der Waals surface area contributed by atoms with Crippen molar-refractivity contribution in [1.82, 2.24) is 0 Å². The first-order chi connectivity index (χ1) is 7.17. The predicted molar refractivity (Wildman–Crippen MR) is 65.8 cm³/mol. The highest BCUT2D eigenvalue weighted by molar-refractivity contribution is 5.24. The van der Waals surface area contributed by atoms with E-state index in [9.17, 15) is 0 Å². The summed E-state index contributed by atoms with van der Waals surface area (Å²) >= 11 is 0. The van der Waals surface area contributed by atoms with Crippen molar-refractivity contribution in [2.45, 2.75) is 26.2 Å². The number of rotatable bonds is 5. The molecule has 1 rings (SSSR count). The van der Waals surface area contributed by atoms with Crippen molar-refractivity contribution in [2.24, 2.45) is 17.4 Å². The molecule has 0 spiro atoms. The maximum Gasteiger partial charge on any atom is -0.00366 e. The van der Waals surface area contributed by atoms with Crippen molar-refractivity contribution in [1.29, 1.82) is 0 Å². The van der Waals surface area contributed by atoms with Crippen LogP contribution in [0.1, 0.15) is 30.4 Å². The standard InChI is InChI=1S/C13H22N2/c1-10-3-5-13(6-4-10)11(2)7-12(8-14)9-15/h3-6,11-12H,7-9,14-15H2,1-2H3. The van der Waals surface area contributed by atoms with Gasteiger partial charge < -0.3 is 11.5 Å². The Morgan fingerprint density at radius 1 is 1.07 bits per heavy atom. The summed E-state index contributed by atoms with van der Waals surface area (Å²) in [5.41, 5.74) is 14.0. The molecule has 15 heavy (non-hydrogen) atoms. The molecule has 1 aromatic carbocycles. The van der Waals surface area contributed by atoms with E-state index in [-0.39, 0.29) is 0 Å². The third-order valence-electron chi connectivity index (χ3n) is 3.00. The van der Waals surface area contributed by atoms with Gasteiger partial charge in [-0.1, -0.05) is 36.8 Å². The second-order valence-corrected chi connectivity index (χ2v) is 4.38. The van der Waals surface area contributed by atoms with Crippen molar-refractivity contribution in [3.63, 3.8) is 0 Å². The molecule has 0 aliphatic heterocycles. The number of aryl methyl sites for hydroxylation is 1. The van der Waals surface area contributed by atoms with Crippen molar-refractivity contribution in [3.05, 3.63) is 35.4 Å². The summed E-state index contributed by atoms with van der Waals surface area (Å²) in [7, 11) is 0. The van der Waals surface area contributed by atoms with Gasteiger partial charge in [-0.25, -0.2) is 0 Å². The van der Waals surface area contributed by atoms with Gasteiger partial charge in [-0.3, -0.25) is 0 Å². The Bertz CT molecular complexity index is 275. The molecule has 2 heteroatoms. The van der Waals surface area contributed by atoms with E-state index in [1.165, 1.54) is 11.1 Å². The zero-order valence-electron chi connectivity index (χ0n) is 9.74. The summed E-state index contributed by atoms with van der Waals surface area (Å²) in [5, 5.41) is 0. The molecule has 0 radical (unpaired) electrons. The smallest absolute Gasteiger partial charge is 0.00366 e. The summed E-state index contributed by atoms with van der Waals surface area (Å²) in [6, 6.07) is 8.71. The molecule has 84 valence electrons. The van der Waals surface area contributed by atoms with Gasteiger partial charge in [-0.2, -0.15) is 0 Å². The molecule has 0 heterocycles. The SMILES string of the molecule is Cc1ccc(C(C)CC(CN)CN)cc1. The van der Waals surface area contributed by atoms with E-state index in [1.54, 1.807) is 0 Å². The fourth-order valence-electron chi connectivity index (χ4n) is 1.82. The highest BCUT2D eigenvalue weighted by Crippen LogP contribution is 2.22. The van der Waals surface area contributed by atoms with Crippen LogP contribution in [0.2, 0.25) is 0 Å². The molecule has 4 N–H and O–H groups in total. The van der Waals surface area contributed by atoms with Gasteiger partial charge in [-0.05, 0) is 43.8 Å². The molecule has 0 aliphatic rings. The maximum absolute atomic E-state index is 5.65. The molecule has 1 aromatic rings. The average molecular weight is 206 g/mol. The van der Waals surface area contributed by atoms with Gasteiger partial charge in [0.05, 0.1) is 0 Å². The minimum atomic E-state index is 0.446. The molecule has 0 saturated carbocycles. The third-order valence-corrected chi connectivity index (χ3v) is 3.00. The Morgan fingerprint density at radius 3 is 2.07 bits per heavy atom. The van der Waals surface area contributed by atoms with Crippen LogP contribution in [0.5, 0.6) is 0 Å². The van der Waals surface area contributed by atoms with Gasteiger partial charge in [0.2, 0.25) is 0 Å². The van der Waals surface area contributed by atoms with Crippen LogP contribution in [0.3, 0.4) is 0 Å². The number of hydrogen-bond acceptors (Lipinski definition) is 2. The minimum absolute atomic E-state index is 0.446. The van der Waals surface area contributed by atoms with Crippen molar-refractivity contribution in [2.75, 3.05) is 13.1 Å². The van der Waals surface area contributed by atoms with E-state index < -0.39 is 0 Å². The molecule has 0 saturated heterocycles. The lowest BCUT2D eigenvalue weighted by atomic mass is 9.90. The van der Waals surface area contributed by atoms with Crippen LogP contribution in [0.4, 0.5) is 0 Å². The lowest BCUT2D eigenvalue weighted by Crippen LogP contribution is -2.24. The lowest BCUT2D eigenvalue weighted by molar-refractivity contribution is 0.465. The second kappa shape index (κ2) is 5.89. The van der Waals surface area contributed by atoms with Crippen LogP contribution < -0.4 is 11.5 Å². The Labute approximate surface area is 92.7 Å². The molecule has 0 amide bonds. The fraction of sp³-hybridized carbons (Fsp3) is 0.538. The van der Waals surface area contributed by atoms with Crippen LogP contribution >= 0.6 is 0 Å². The summed E-state index contributed by atoms with van der Waals surface area (Å²) in [5.74, 6) is 0.990. The van der Waals surface area contributed by atoms with Crippen LogP contribution in [0.15, 0.2) is 24.3 Å². The van der Waals surface area contributed by atoms with E-state index in [1.807, 2.05) is 0 Å². The fourth-order valence-corrected chi connectivity index (χ4v) is 1.82. The van der Waals surface area contributed by atoms with Gasteiger partial charge in [-0.15, -0.1) is 0 Å². The zero-order valence-corrected chi connectivity index (χ0v) is 9.74. The highest BCUT2D eigenvalue weighted by Gasteiger charge is 2.11. The quantitative estimate of drug-likeness (QED) is 0.774. The first-order valence-electron chi connectivity index (χ1n) is 5.64. The topological polar surface area (TPSA) is 52.0 Å². The Hall–Kier alpha value is -0.860. The van der Waals surface area contributed by atoms with E-state index in [2.05, 4.69) is 38.1 Å². The predicted octanol–water partition coefficient (Wildman–Crippen LogP) is 2.02. The van der Waals surface area contributed by atoms with Crippen molar-refractivity contribution in [3.8, 4) is 0 Å². The van der Waals surface area contributed by atoms with Gasteiger partial charge in [0, 0.05) is 0 Å². The molecule has 1 atom stereocenters. The largest absolute Gasteiger partial charge is 0.330 e. The van der Waals surface area contributed by atoms with E-state index in [0.29, 0.717) is 24.9 Å². The Balaban J connectivity index is 2.60. The first-order valence-corrected chi connectivity index (χ1v) is 5.64. The summed E-state index contributed by atoms with van der Waals surface area (Å²) in [4.78, 5) is 0.